The number of aliphatic hydroxyl groups excluding tert-OH is 1. The molecular weight excluding hydrogens is 294 g/mol. The molecule has 0 aliphatic rings. The van der Waals surface area contributed by atoms with Crippen LogP contribution in [0.15, 0.2) is 41.7 Å². The van der Waals surface area contributed by atoms with Crippen molar-refractivity contribution in [3.8, 4) is 11.3 Å². The van der Waals surface area contributed by atoms with Crippen molar-refractivity contribution in [3.63, 3.8) is 0 Å². The standard InChI is InChI=1S/C14H16ClN3OS/c1-20-14-16-7-6-13(18-14)10-2-4-11(5-3-10)17-9-12(19)8-15/h2-7,12,17,19H,8-9H2,1H3. The fourth-order valence-corrected chi connectivity index (χ4v) is 2.11. The molecule has 0 aliphatic heterocycles. The Labute approximate surface area is 127 Å². The van der Waals surface area contributed by atoms with Gasteiger partial charge in [-0.05, 0) is 24.5 Å². The highest BCUT2D eigenvalue weighted by Crippen LogP contribution is 2.21. The Morgan fingerprint density at radius 2 is 2.05 bits per heavy atom. The van der Waals surface area contributed by atoms with Crippen molar-refractivity contribution in [1.82, 2.24) is 9.97 Å². The van der Waals surface area contributed by atoms with Gasteiger partial charge < -0.3 is 10.4 Å². The van der Waals surface area contributed by atoms with Crippen LogP contribution in [-0.2, 0) is 0 Å². The lowest BCUT2D eigenvalue weighted by molar-refractivity contribution is 0.211. The average molecular weight is 310 g/mol. The van der Waals surface area contributed by atoms with Crippen LogP contribution in [0.5, 0.6) is 0 Å². The number of hydrogen-bond donors (Lipinski definition) is 2. The van der Waals surface area contributed by atoms with Crippen molar-refractivity contribution in [2.24, 2.45) is 0 Å². The van der Waals surface area contributed by atoms with Gasteiger partial charge in [0, 0.05) is 24.0 Å². The van der Waals surface area contributed by atoms with E-state index in [4.69, 9.17) is 11.6 Å². The quantitative estimate of drug-likeness (QED) is 0.488. The zero-order chi connectivity index (χ0) is 14.4. The first kappa shape index (κ1) is 15.1. The predicted molar refractivity (Wildman–Crippen MR) is 84.5 cm³/mol. The molecule has 0 spiro atoms. The minimum absolute atomic E-state index is 0.226. The van der Waals surface area contributed by atoms with Gasteiger partial charge in [-0.1, -0.05) is 23.9 Å². The van der Waals surface area contributed by atoms with Gasteiger partial charge in [-0.2, -0.15) is 0 Å². The molecule has 0 radical (unpaired) electrons. The lowest BCUT2D eigenvalue weighted by Crippen LogP contribution is -2.20. The molecule has 0 aliphatic carbocycles. The molecule has 1 unspecified atom stereocenters. The number of nitrogens with one attached hydrogen (secondary N) is 1. The molecule has 1 atom stereocenters. The number of benzene rings is 1. The molecule has 0 amide bonds. The number of nitrogens with zero attached hydrogens (tertiary/aromatic N) is 2. The summed E-state index contributed by atoms with van der Waals surface area (Å²) >= 11 is 7.07. The third kappa shape index (κ3) is 4.10. The van der Waals surface area contributed by atoms with Crippen LogP contribution in [-0.4, -0.2) is 39.9 Å². The van der Waals surface area contributed by atoms with Gasteiger partial charge in [-0.15, -0.1) is 11.6 Å². The summed E-state index contributed by atoms with van der Waals surface area (Å²) in [6, 6.07) is 9.78. The van der Waals surface area contributed by atoms with Gasteiger partial charge in [-0.3, -0.25) is 0 Å². The minimum atomic E-state index is -0.539. The van der Waals surface area contributed by atoms with Crippen molar-refractivity contribution < 1.29 is 5.11 Å². The first-order valence-corrected chi connectivity index (χ1v) is 7.94. The molecule has 1 heterocycles. The number of anilines is 1. The maximum absolute atomic E-state index is 9.40. The molecule has 2 aromatic rings. The number of rotatable bonds is 6. The smallest absolute Gasteiger partial charge is 0.187 e. The summed E-state index contributed by atoms with van der Waals surface area (Å²) in [7, 11) is 0. The van der Waals surface area contributed by atoms with Crippen LogP contribution in [0.4, 0.5) is 5.69 Å². The first-order valence-electron chi connectivity index (χ1n) is 6.18. The molecule has 6 heteroatoms. The van der Waals surface area contributed by atoms with Crippen LogP contribution < -0.4 is 5.32 Å². The second kappa shape index (κ2) is 7.47. The second-order valence-electron chi connectivity index (χ2n) is 4.19. The van der Waals surface area contributed by atoms with Gasteiger partial charge in [0.2, 0.25) is 0 Å². The monoisotopic (exact) mass is 309 g/mol. The molecular formula is C14H16ClN3OS. The van der Waals surface area contributed by atoms with E-state index in [1.165, 1.54) is 11.8 Å². The highest BCUT2D eigenvalue weighted by molar-refractivity contribution is 7.98. The first-order chi connectivity index (χ1) is 9.72. The van der Waals surface area contributed by atoms with Crippen LogP contribution in [0.1, 0.15) is 0 Å². The van der Waals surface area contributed by atoms with E-state index in [9.17, 15) is 5.11 Å². The highest BCUT2D eigenvalue weighted by Gasteiger charge is 2.03. The lowest BCUT2D eigenvalue weighted by atomic mass is 10.1. The molecule has 2 rings (SSSR count). The van der Waals surface area contributed by atoms with Gasteiger partial charge in [0.25, 0.3) is 0 Å². The number of aromatic nitrogens is 2. The third-order valence-electron chi connectivity index (χ3n) is 2.72. The molecule has 0 saturated heterocycles. The Bertz CT molecular complexity index is 550. The Kier molecular flexibility index (Phi) is 5.64. The fourth-order valence-electron chi connectivity index (χ4n) is 1.65. The Balaban J connectivity index is 2.07. The summed E-state index contributed by atoms with van der Waals surface area (Å²) in [4.78, 5) is 8.61. The Morgan fingerprint density at radius 1 is 1.30 bits per heavy atom. The molecule has 20 heavy (non-hydrogen) atoms. The SMILES string of the molecule is CSc1nccc(-c2ccc(NCC(O)CCl)cc2)n1. The van der Waals surface area contributed by atoms with E-state index in [-0.39, 0.29) is 5.88 Å². The van der Waals surface area contributed by atoms with Crippen molar-refractivity contribution >= 4 is 29.1 Å². The second-order valence-corrected chi connectivity index (χ2v) is 5.28. The van der Waals surface area contributed by atoms with E-state index in [2.05, 4.69) is 15.3 Å². The van der Waals surface area contributed by atoms with Gasteiger partial charge in [0.05, 0.1) is 17.7 Å². The van der Waals surface area contributed by atoms with E-state index < -0.39 is 6.10 Å². The molecule has 2 N–H and O–H groups in total. The molecule has 1 aromatic carbocycles. The van der Waals surface area contributed by atoms with E-state index in [1.54, 1.807) is 6.20 Å². The van der Waals surface area contributed by atoms with E-state index >= 15 is 0 Å². The third-order valence-corrected chi connectivity index (χ3v) is 3.63. The average Bonchev–Trinajstić information content (AvgIpc) is 2.53. The van der Waals surface area contributed by atoms with Crippen LogP contribution in [0, 0.1) is 0 Å². The minimum Gasteiger partial charge on any atom is -0.390 e. The molecule has 0 fully saturated rings. The summed E-state index contributed by atoms with van der Waals surface area (Å²) in [5.74, 6) is 0.226. The molecule has 1 aromatic heterocycles. The highest BCUT2D eigenvalue weighted by atomic mass is 35.5. The van der Waals surface area contributed by atoms with Crippen LogP contribution in [0.2, 0.25) is 0 Å². The van der Waals surface area contributed by atoms with E-state index in [0.29, 0.717) is 6.54 Å². The van der Waals surface area contributed by atoms with Gasteiger partial charge in [0.15, 0.2) is 5.16 Å². The van der Waals surface area contributed by atoms with Gasteiger partial charge in [-0.25, -0.2) is 9.97 Å². The Morgan fingerprint density at radius 3 is 2.70 bits per heavy atom. The van der Waals surface area contributed by atoms with Crippen LogP contribution in [0.25, 0.3) is 11.3 Å². The zero-order valence-electron chi connectivity index (χ0n) is 11.1. The molecule has 4 nitrogen and oxygen atoms in total. The molecule has 0 bridgehead atoms. The van der Waals surface area contributed by atoms with Gasteiger partial charge in [0.1, 0.15) is 0 Å². The summed E-state index contributed by atoms with van der Waals surface area (Å²) in [5, 5.41) is 13.3. The molecule has 0 saturated carbocycles. The topological polar surface area (TPSA) is 58.0 Å². The van der Waals surface area contributed by atoms with Crippen molar-refractivity contribution in [2.45, 2.75) is 11.3 Å². The number of thioether (sulfide) groups is 1. The summed E-state index contributed by atoms with van der Waals surface area (Å²) in [6.45, 7) is 0.437. The number of aliphatic hydroxyl groups is 1. The zero-order valence-corrected chi connectivity index (χ0v) is 12.7. The maximum atomic E-state index is 9.40. The lowest BCUT2D eigenvalue weighted by Gasteiger charge is -2.10. The van der Waals surface area contributed by atoms with Crippen molar-refractivity contribution in [2.75, 3.05) is 24.0 Å². The van der Waals surface area contributed by atoms with Crippen LogP contribution >= 0.6 is 23.4 Å². The normalized spacial score (nSPS) is 12.2. The van der Waals surface area contributed by atoms with Crippen molar-refractivity contribution in [1.29, 1.82) is 0 Å². The Hall–Kier alpha value is -1.30. The number of hydrogen-bond acceptors (Lipinski definition) is 5. The summed E-state index contributed by atoms with van der Waals surface area (Å²) in [5.41, 5.74) is 2.87. The largest absolute Gasteiger partial charge is 0.390 e. The number of alkyl halides is 1. The summed E-state index contributed by atoms with van der Waals surface area (Å²) in [6.07, 6.45) is 3.17. The summed E-state index contributed by atoms with van der Waals surface area (Å²) < 4.78 is 0. The van der Waals surface area contributed by atoms with Crippen molar-refractivity contribution in [3.05, 3.63) is 36.5 Å². The van der Waals surface area contributed by atoms with E-state index in [0.717, 1.165) is 22.1 Å². The van der Waals surface area contributed by atoms with Crippen LogP contribution in [0.3, 0.4) is 0 Å². The predicted octanol–water partition coefficient (Wildman–Crippen LogP) is 2.88. The van der Waals surface area contributed by atoms with Gasteiger partial charge >= 0.3 is 0 Å². The van der Waals surface area contributed by atoms with E-state index in [1.807, 2.05) is 36.6 Å². The maximum Gasteiger partial charge on any atom is 0.187 e. The fraction of sp³-hybridized carbons (Fsp3) is 0.286. The molecule has 106 valence electrons. The number of halogens is 1.